The van der Waals surface area contributed by atoms with Crippen molar-refractivity contribution in [3.8, 4) is 22.7 Å². The van der Waals surface area contributed by atoms with Gasteiger partial charge in [0.25, 0.3) is 0 Å². The highest BCUT2D eigenvalue weighted by Crippen LogP contribution is 2.31. The van der Waals surface area contributed by atoms with E-state index in [0.717, 1.165) is 36.3 Å². The Morgan fingerprint density at radius 1 is 1.02 bits per heavy atom. The van der Waals surface area contributed by atoms with Gasteiger partial charge in [0.2, 0.25) is 0 Å². The van der Waals surface area contributed by atoms with Crippen LogP contribution in [0.15, 0.2) is 53.3 Å². The van der Waals surface area contributed by atoms with Gasteiger partial charge in [0.05, 0.1) is 38.2 Å². The van der Waals surface area contributed by atoms with Crippen LogP contribution >= 0.6 is 54.2 Å². The van der Waals surface area contributed by atoms with Crippen LogP contribution < -0.4 is 20.6 Å². The first kappa shape index (κ1) is 59.4. The third-order valence-corrected chi connectivity index (χ3v) is 10.0. The summed E-state index contributed by atoms with van der Waals surface area (Å²) < 4.78 is 60.9. The van der Waals surface area contributed by atoms with Gasteiger partial charge in [-0.1, -0.05) is 92.6 Å². The van der Waals surface area contributed by atoms with Crippen LogP contribution in [0.25, 0.3) is 16.9 Å². The van der Waals surface area contributed by atoms with E-state index in [1.807, 2.05) is 35.6 Å². The van der Waals surface area contributed by atoms with E-state index in [0.29, 0.717) is 27.0 Å². The molecule has 0 amide bonds. The second-order valence-electron chi connectivity index (χ2n) is 13.8. The number of carboxylic acids is 1. The molecule has 2 atom stereocenters. The van der Waals surface area contributed by atoms with Crippen molar-refractivity contribution < 1.29 is 56.5 Å². The molecule has 2 aromatic carbocycles. The standard InChI is InChI=1S/C19H23ClN2O2S.C15H14Cl2F3N3O3.C3H8NO5P.C3H9S/c1-2-3-4-5-6-10-13-25-19(23)24-16-14-17(20)21-22-18(16)15-11-8-7-9-12-15;1-3-26-13(24)10(17)4-8-5-12(11(18)6-9(8)16)23-15(25)22(14(19)20)7(2)21-23;5-3(6)1-4-2-10(7,8)9;1-4(2)3/h7-9,11-12,14H,2-6,10,13H2,1H3;5-6,10,14H,3-4H2,1-2H3;4H,1-2H2,(H,5,6)(H2,7,8,9);1-3H3/q;;;+1/p-1. The van der Waals surface area contributed by atoms with E-state index in [1.165, 1.54) is 50.4 Å². The Labute approximate surface area is 397 Å². The van der Waals surface area contributed by atoms with Crippen LogP contribution in [0.3, 0.4) is 0 Å². The first-order valence-corrected chi connectivity index (χ1v) is 26.0. The minimum atomic E-state index is -4.35. The fourth-order valence-electron chi connectivity index (χ4n) is 4.95. The molecule has 65 heavy (non-hydrogen) atoms. The quantitative estimate of drug-likeness (QED) is 0.0264. The first-order chi connectivity index (χ1) is 30.5. The van der Waals surface area contributed by atoms with E-state index >= 15 is 0 Å². The van der Waals surface area contributed by atoms with Crippen LogP contribution in [-0.2, 0) is 36.2 Å². The number of nitrogens with zero attached hydrogens (tertiary/aromatic N) is 5. The summed E-state index contributed by atoms with van der Waals surface area (Å²) >= 11 is 19.0. The lowest BCUT2D eigenvalue weighted by Crippen LogP contribution is -2.25. The minimum absolute atomic E-state index is 0.0424. The van der Waals surface area contributed by atoms with Crippen molar-refractivity contribution in [2.24, 2.45) is 0 Å². The first-order valence-electron chi connectivity index (χ1n) is 19.7. The summed E-state index contributed by atoms with van der Waals surface area (Å²) in [5.41, 5.74) is -0.0247. The number of hydrogen-bond donors (Lipinski definition) is 3. The molecule has 0 fully saturated rings. The molecule has 4 rings (SSSR count). The predicted octanol–water partition coefficient (Wildman–Crippen LogP) is 8.29. The Hall–Kier alpha value is -3.66. The largest absolute Gasteiger partial charge is 0.778 e. The molecule has 0 spiro atoms. The molecule has 0 aliphatic rings. The van der Waals surface area contributed by atoms with Gasteiger partial charge in [-0.2, -0.15) is 13.5 Å². The van der Waals surface area contributed by atoms with E-state index in [2.05, 4.69) is 41.0 Å². The molecule has 0 saturated heterocycles. The normalized spacial score (nSPS) is 12.1. The number of nitrogens with one attached hydrogen (secondary N) is 1. The molecule has 0 aliphatic carbocycles. The number of carboxylic acid groups (broad SMARTS) is 1. The van der Waals surface area contributed by atoms with Gasteiger partial charge in [-0.15, -0.1) is 26.9 Å². The number of ether oxygens (including phenoxy) is 2. The lowest BCUT2D eigenvalue weighted by molar-refractivity contribution is -0.193. The third-order valence-electron chi connectivity index (χ3n) is 7.74. The number of hydrogen-bond acceptors (Lipinski definition) is 13. The number of carbonyl (C=O) groups excluding carboxylic acids is 2. The van der Waals surface area contributed by atoms with Crippen LogP contribution in [0.1, 0.15) is 70.3 Å². The van der Waals surface area contributed by atoms with Gasteiger partial charge in [0.1, 0.15) is 30.2 Å². The highest BCUT2D eigenvalue weighted by molar-refractivity contribution is 8.13. The Bertz CT molecular complexity index is 2210. The number of alkyl halides is 3. The number of halogens is 6. The zero-order valence-electron chi connectivity index (χ0n) is 36.5. The number of rotatable bonds is 19. The van der Waals surface area contributed by atoms with Gasteiger partial charge < -0.3 is 28.9 Å². The summed E-state index contributed by atoms with van der Waals surface area (Å²) in [5, 5.41) is 20.3. The van der Waals surface area contributed by atoms with Crippen LogP contribution in [0.2, 0.25) is 10.2 Å². The number of aliphatic carboxylic acids is 1. The van der Waals surface area contributed by atoms with Crippen molar-refractivity contribution in [2.45, 2.75) is 77.6 Å². The number of esters is 1. The van der Waals surface area contributed by atoms with Gasteiger partial charge >= 0.3 is 29.5 Å². The monoisotopic (exact) mass is 1030 g/mol. The number of thioether (sulfide) groups is 1. The van der Waals surface area contributed by atoms with E-state index in [1.54, 1.807) is 6.92 Å². The fourth-order valence-corrected chi connectivity index (χ4v) is 6.61. The maximum Gasteiger partial charge on any atom is 0.372 e. The Morgan fingerprint density at radius 2 is 1.63 bits per heavy atom. The lowest BCUT2D eigenvalue weighted by Gasteiger charge is -2.14. The molecule has 0 aliphatic heterocycles. The Balaban J connectivity index is 0.000000505. The Morgan fingerprint density at radius 3 is 2.18 bits per heavy atom. The van der Waals surface area contributed by atoms with Crippen molar-refractivity contribution in [2.75, 3.05) is 44.0 Å². The van der Waals surface area contributed by atoms with Crippen molar-refractivity contribution in [3.05, 3.63) is 86.4 Å². The molecule has 0 radical (unpaired) electrons. The second-order valence-corrected chi connectivity index (χ2v) is 20.2. The smallest absolute Gasteiger partial charge is 0.372 e. The average Bonchev–Trinajstić information content (AvgIpc) is 3.51. The van der Waals surface area contributed by atoms with Gasteiger partial charge in [-0.25, -0.2) is 18.5 Å². The number of benzene rings is 2. The molecule has 2 heterocycles. The zero-order valence-corrected chi connectivity index (χ0v) is 41.3. The second kappa shape index (κ2) is 31.3. The molecule has 362 valence electrons. The zero-order chi connectivity index (χ0) is 49.3. The molecule has 16 nitrogen and oxygen atoms in total. The van der Waals surface area contributed by atoms with Crippen LogP contribution in [0.5, 0.6) is 5.75 Å². The highest BCUT2D eigenvalue weighted by Gasteiger charge is 2.24. The summed E-state index contributed by atoms with van der Waals surface area (Å²) in [7, 11) is -3.71. The van der Waals surface area contributed by atoms with Gasteiger partial charge in [-0.3, -0.25) is 14.9 Å². The van der Waals surface area contributed by atoms with Gasteiger partial charge in [-0.05, 0) is 60.6 Å². The summed E-state index contributed by atoms with van der Waals surface area (Å²) in [5.74, 6) is -1.99. The lowest BCUT2D eigenvalue weighted by atomic mass is 10.1. The van der Waals surface area contributed by atoms with Crippen molar-refractivity contribution in [1.82, 2.24) is 29.9 Å². The number of unbranched alkanes of at least 4 members (excludes halogenated alkanes) is 5. The van der Waals surface area contributed by atoms with Crippen LogP contribution in [0.4, 0.5) is 18.0 Å². The van der Waals surface area contributed by atoms with Crippen LogP contribution in [-0.4, -0.2) is 101 Å². The van der Waals surface area contributed by atoms with Gasteiger partial charge in [0.15, 0.2) is 16.7 Å². The summed E-state index contributed by atoms with van der Waals surface area (Å²) in [4.78, 5) is 63.6. The van der Waals surface area contributed by atoms with E-state index in [4.69, 9.17) is 54.3 Å². The van der Waals surface area contributed by atoms with Crippen molar-refractivity contribution >= 4 is 82.3 Å². The number of aromatic nitrogens is 5. The fraction of sp³-hybridized carbons (Fsp3) is 0.475. The van der Waals surface area contributed by atoms with Crippen molar-refractivity contribution in [3.63, 3.8) is 0 Å². The molecule has 2 aromatic heterocycles. The molecule has 25 heteroatoms. The van der Waals surface area contributed by atoms with Gasteiger partial charge in [0, 0.05) is 28.8 Å². The number of carbonyl (C=O) groups is 3. The predicted molar refractivity (Wildman–Crippen MR) is 249 cm³/mol. The maximum absolute atomic E-state index is 14.2. The van der Waals surface area contributed by atoms with E-state index in [9.17, 15) is 41.8 Å². The van der Waals surface area contributed by atoms with E-state index in [-0.39, 0.29) is 50.1 Å². The molecule has 3 N–H and O–H groups in total. The minimum Gasteiger partial charge on any atom is -0.778 e. The molecular weight excluding hydrogens is 983 g/mol. The third kappa shape index (κ3) is 24.1. The van der Waals surface area contributed by atoms with E-state index < -0.39 is 55.8 Å². The average molecular weight is 1040 g/mol. The summed E-state index contributed by atoms with van der Waals surface area (Å²) in [6.45, 7) is 1.53. The summed E-state index contributed by atoms with van der Waals surface area (Å²) in [6.07, 6.45) is 13.0. The topological polar surface area (TPSA) is 228 Å². The molecule has 4 aromatic rings. The summed E-state index contributed by atoms with van der Waals surface area (Å²) in [6, 6.07) is 13.0. The maximum atomic E-state index is 14.2. The Kier molecular flexibility index (Phi) is 28.6. The molecular formula is C40H53Cl3F3N6O10PS2. The molecule has 0 saturated carbocycles. The number of aryl methyl sites for hydroxylation is 1. The highest BCUT2D eigenvalue weighted by atomic mass is 35.5. The molecule has 2 unspecified atom stereocenters. The SMILES string of the molecule is CCCCCCCCSC(=O)Oc1cc(Cl)nnc1-c1ccccc1.CCOC(=O)C(Cl)Cc1cc(-n2nc(C)n(C(F)F)c2=O)c(F)cc1Cl.C[S+](C)C.O=C(O)CNCP(=O)([O-])O. The van der Waals surface area contributed by atoms with Crippen molar-refractivity contribution in [1.29, 1.82) is 0 Å². The molecule has 0 bridgehead atoms. The van der Waals surface area contributed by atoms with Crippen LogP contribution in [0, 0.1) is 12.7 Å².